The number of hydrogen-bond acceptors (Lipinski definition) is 3. The average Bonchev–Trinajstić information content (AvgIpc) is 2.57. The lowest BCUT2D eigenvalue weighted by Crippen LogP contribution is -2.13. The Hall–Kier alpha value is -1.40. The van der Waals surface area contributed by atoms with Crippen LogP contribution >= 0.6 is 0 Å². The summed E-state index contributed by atoms with van der Waals surface area (Å²) in [5.74, 6) is 0.826. The molecule has 17 heavy (non-hydrogen) atoms. The van der Waals surface area contributed by atoms with E-state index in [0.717, 1.165) is 5.56 Å². The van der Waals surface area contributed by atoms with Crippen LogP contribution in [-0.2, 0) is 10.0 Å². The van der Waals surface area contributed by atoms with Crippen molar-refractivity contribution >= 4 is 15.5 Å². The Morgan fingerprint density at radius 2 is 2.06 bits per heavy atom. The van der Waals surface area contributed by atoms with Crippen molar-refractivity contribution in [1.82, 2.24) is 9.38 Å². The first-order valence-electron chi connectivity index (χ1n) is 5.32. The predicted molar refractivity (Wildman–Crippen MR) is 65.4 cm³/mol. The molecule has 0 saturated heterocycles. The quantitative estimate of drug-likeness (QED) is 0.879. The van der Waals surface area contributed by atoms with Gasteiger partial charge in [-0.25, -0.2) is 18.5 Å². The van der Waals surface area contributed by atoms with Gasteiger partial charge in [0.1, 0.15) is 5.82 Å². The van der Waals surface area contributed by atoms with Gasteiger partial charge in [0.2, 0.25) is 0 Å². The number of pyridine rings is 1. The highest BCUT2D eigenvalue weighted by Gasteiger charge is 2.22. The van der Waals surface area contributed by atoms with E-state index in [2.05, 4.69) is 4.98 Å². The second-order valence-corrected chi connectivity index (χ2v) is 5.86. The number of imidazole rings is 1. The highest BCUT2D eigenvalue weighted by Crippen LogP contribution is 2.24. The molecule has 0 aliphatic carbocycles. The molecule has 0 unspecified atom stereocenters. The highest BCUT2D eigenvalue weighted by atomic mass is 32.2. The molecule has 2 heterocycles. The maximum absolute atomic E-state index is 11.5. The minimum Gasteiger partial charge on any atom is -0.302 e. The zero-order valence-electron chi connectivity index (χ0n) is 10.0. The fourth-order valence-electron chi connectivity index (χ4n) is 1.90. The molecule has 5 nitrogen and oxygen atoms in total. The smallest absolute Gasteiger partial charge is 0.257 e. The lowest BCUT2D eigenvalue weighted by atomic mass is 10.2. The summed E-state index contributed by atoms with van der Waals surface area (Å²) in [6.07, 6.45) is 1.80. The zero-order valence-corrected chi connectivity index (χ0v) is 10.8. The Balaban J connectivity index is 2.96. The highest BCUT2D eigenvalue weighted by molar-refractivity contribution is 7.89. The second kappa shape index (κ2) is 3.82. The summed E-state index contributed by atoms with van der Waals surface area (Å²) in [7, 11) is -3.80. The number of fused-ring (bicyclic) bond motifs is 1. The third kappa shape index (κ3) is 1.94. The minimum absolute atomic E-state index is 0.0423. The van der Waals surface area contributed by atoms with Crippen LogP contribution in [0.25, 0.3) is 5.52 Å². The van der Waals surface area contributed by atoms with Crippen molar-refractivity contribution in [3.63, 3.8) is 0 Å². The van der Waals surface area contributed by atoms with Crippen molar-refractivity contribution in [3.8, 4) is 0 Å². The van der Waals surface area contributed by atoms with Gasteiger partial charge in [0.25, 0.3) is 10.0 Å². The Kier molecular flexibility index (Phi) is 2.71. The Morgan fingerprint density at radius 3 is 2.59 bits per heavy atom. The molecule has 0 spiro atoms. The van der Waals surface area contributed by atoms with Gasteiger partial charge >= 0.3 is 0 Å². The summed E-state index contributed by atoms with van der Waals surface area (Å²) in [4.78, 5) is 4.17. The number of rotatable bonds is 2. The average molecular weight is 253 g/mol. The van der Waals surface area contributed by atoms with Crippen molar-refractivity contribution in [1.29, 1.82) is 0 Å². The van der Waals surface area contributed by atoms with Crippen molar-refractivity contribution in [2.75, 3.05) is 0 Å². The summed E-state index contributed by atoms with van der Waals surface area (Å²) in [6, 6.07) is 3.71. The zero-order chi connectivity index (χ0) is 12.8. The molecule has 6 heteroatoms. The molecule has 0 radical (unpaired) electrons. The van der Waals surface area contributed by atoms with Gasteiger partial charge in [0.15, 0.2) is 5.03 Å². The second-order valence-electron chi connectivity index (χ2n) is 4.38. The molecule has 2 aromatic rings. The molecule has 0 aromatic carbocycles. The van der Waals surface area contributed by atoms with Crippen LogP contribution in [0.5, 0.6) is 0 Å². The Morgan fingerprint density at radius 1 is 1.41 bits per heavy atom. The number of sulfonamides is 1. The van der Waals surface area contributed by atoms with Gasteiger partial charge in [-0.1, -0.05) is 19.9 Å². The van der Waals surface area contributed by atoms with Crippen LogP contribution in [0.4, 0.5) is 0 Å². The van der Waals surface area contributed by atoms with Crippen molar-refractivity contribution in [2.24, 2.45) is 5.14 Å². The van der Waals surface area contributed by atoms with Gasteiger partial charge in [-0.15, -0.1) is 0 Å². The van der Waals surface area contributed by atoms with Crippen LogP contribution in [0.15, 0.2) is 23.4 Å². The third-order valence-electron chi connectivity index (χ3n) is 2.65. The topological polar surface area (TPSA) is 77.5 Å². The molecule has 0 atom stereocenters. The molecule has 2 aromatic heterocycles. The molecule has 0 saturated carbocycles. The molecule has 2 rings (SSSR count). The fourth-order valence-corrected chi connectivity index (χ4v) is 2.65. The summed E-state index contributed by atoms with van der Waals surface area (Å²) in [5.41, 5.74) is 1.41. The summed E-state index contributed by atoms with van der Waals surface area (Å²) in [6.45, 7) is 5.77. The molecule has 0 amide bonds. The van der Waals surface area contributed by atoms with E-state index < -0.39 is 10.0 Å². The van der Waals surface area contributed by atoms with Crippen LogP contribution in [0.2, 0.25) is 0 Å². The van der Waals surface area contributed by atoms with Gasteiger partial charge in [-0.2, -0.15) is 0 Å². The van der Waals surface area contributed by atoms with E-state index in [-0.39, 0.29) is 10.9 Å². The molecule has 0 aliphatic rings. The van der Waals surface area contributed by atoms with Crippen LogP contribution in [-0.4, -0.2) is 17.8 Å². The van der Waals surface area contributed by atoms with E-state index in [0.29, 0.717) is 11.3 Å². The van der Waals surface area contributed by atoms with Crippen LogP contribution in [0.3, 0.4) is 0 Å². The normalized spacial score (nSPS) is 12.5. The van der Waals surface area contributed by atoms with Crippen molar-refractivity contribution < 1.29 is 8.42 Å². The number of aryl methyl sites for hydroxylation is 1. The number of nitrogens with zero attached hydrogens (tertiary/aromatic N) is 2. The molecule has 0 fully saturated rings. The molecule has 0 bridgehead atoms. The first-order valence-corrected chi connectivity index (χ1v) is 6.87. The van der Waals surface area contributed by atoms with Crippen molar-refractivity contribution in [3.05, 3.63) is 29.7 Å². The molecule has 92 valence electrons. The van der Waals surface area contributed by atoms with Gasteiger partial charge in [-0.3, -0.25) is 0 Å². The SMILES string of the molecule is Cc1cccn2c(C(C)C)nc(S(N)(=O)=O)c12. The molecular weight excluding hydrogens is 238 g/mol. The minimum atomic E-state index is -3.80. The molecule has 0 aliphatic heterocycles. The van der Waals surface area contributed by atoms with Crippen LogP contribution < -0.4 is 5.14 Å². The van der Waals surface area contributed by atoms with E-state index in [9.17, 15) is 8.42 Å². The maximum atomic E-state index is 11.5. The maximum Gasteiger partial charge on any atom is 0.257 e. The first kappa shape index (κ1) is 12.1. The lowest BCUT2D eigenvalue weighted by molar-refractivity contribution is 0.595. The predicted octanol–water partition coefficient (Wildman–Crippen LogP) is 1.41. The Bertz CT molecular complexity index is 671. The summed E-state index contributed by atoms with van der Waals surface area (Å²) >= 11 is 0. The number of aromatic nitrogens is 2. The summed E-state index contributed by atoms with van der Waals surface area (Å²) < 4.78 is 24.9. The third-order valence-corrected chi connectivity index (χ3v) is 3.47. The van der Waals surface area contributed by atoms with Crippen LogP contribution in [0.1, 0.15) is 31.2 Å². The number of hydrogen-bond donors (Lipinski definition) is 1. The van der Waals surface area contributed by atoms with E-state index >= 15 is 0 Å². The van der Waals surface area contributed by atoms with Gasteiger partial charge in [-0.05, 0) is 18.6 Å². The van der Waals surface area contributed by atoms with E-state index in [1.54, 1.807) is 10.6 Å². The fraction of sp³-hybridized carbons (Fsp3) is 0.364. The van der Waals surface area contributed by atoms with Crippen LogP contribution in [0, 0.1) is 6.92 Å². The van der Waals surface area contributed by atoms with E-state index in [4.69, 9.17) is 5.14 Å². The Labute approximate surface area is 100 Å². The largest absolute Gasteiger partial charge is 0.302 e. The molecule has 2 N–H and O–H groups in total. The van der Waals surface area contributed by atoms with Crippen molar-refractivity contribution in [2.45, 2.75) is 31.7 Å². The standard InChI is InChI=1S/C11H15N3O2S/c1-7(2)10-13-11(17(12,15)16)9-8(3)5-4-6-14(9)10/h4-7H,1-3H3,(H2,12,15,16). The summed E-state index contributed by atoms with van der Waals surface area (Å²) in [5, 5.41) is 5.16. The van der Waals surface area contributed by atoms with E-state index in [1.165, 1.54) is 0 Å². The van der Waals surface area contributed by atoms with Gasteiger partial charge in [0.05, 0.1) is 5.52 Å². The first-order chi connectivity index (χ1) is 7.82. The molecular formula is C11H15N3O2S. The van der Waals surface area contributed by atoms with Gasteiger partial charge < -0.3 is 4.40 Å². The number of nitrogens with two attached hydrogens (primary N) is 1. The van der Waals surface area contributed by atoms with E-state index in [1.807, 2.05) is 32.9 Å². The number of primary sulfonamides is 1. The lowest BCUT2D eigenvalue weighted by Gasteiger charge is -2.04. The monoisotopic (exact) mass is 253 g/mol. The van der Waals surface area contributed by atoms with Gasteiger partial charge in [0, 0.05) is 12.1 Å².